The van der Waals surface area contributed by atoms with Crippen LogP contribution in [-0.4, -0.2) is 9.78 Å². The number of benzene rings is 1. The van der Waals surface area contributed by atoms with Crippen LogP contribution in [0.1, 0.15) is 49.3 Å². The third kappa shape index (κ3) is 2.96. The first kappa shape index (κ1) is 14.2. The quantitative estimate of drug-likeness (QED) is 0.767. The van der Waals surface area contributed by atoms with E-state index in [0.29, 0.717) is 11.6 Å². The highest BCUT2D eigenvalue weighted by molar-refractivity contribution is 5.37. The molecule has 2 aromatic rings. The number of alkyl halides is 3. The monoisotopic (exact) mass is 294 g/mol. The standard InChI is InChI=1S/C16H17F3N2/c17-16(18,19)13-6-8-14(9-7-13)21-15(10-11-20-21)12-4-2-1-3-5-12/h6-12H,1-5H2. The molecule has 1 saturated carbocycles. The molecule has 0 amide bonds. The minimum atomic E-state index is -4.30. The predicted octanol–water partition coefficient (Wildman–Crippen LogP) is 4.94. The van der Waals surface area contributed by atoms with E-state index in [9.17, 15) is 13.2 Å². The predicted molar refractivity (Wildman–Crippen MR) is 74.4 cm³/mol. The van der Waals surface area contributed by atoms with E-state index >= 15 is 0 Å². The fourth-order valence-electron chi connectivity index (χ4n) is 3.03. The zero-order valence-corrected chi connectivity index (χ0v) is 11.6. The molecule has 112 valence electrons. The molecule has 0 radical (unpaired) electrons. The molecule has 1 aromatic carbocycles. The lowest BCUT2D eigenvalue weighted by atomic mass is 9.87. The lowest BCUT2D eigenvalue weighted by molar-refractivity contribution is -0.137. The van der Waals surface area contributed by atoms with Crippen molar-refractivity contribution in [1.29, 1.82) is 0 Å². The molecule has 1 aliphatic rings. The Morgan fingerprint density at radius 2 is 1.62 bits per heavy atom. The molecule has 0 N–H and O–H groups in total. The number of hydrogen-bond donors (Lipinski definition) is 0. The number of hydrogen-bond acceptors (Lipinski definition) is 1. The van der Waals surface area contributed by atoms with E-state index in [1.165, 1.54) is 31.4 Å². The summed E-state index contributed by atoms with van der Waals surface area (Å²) in [6.07, 6.45) is 3.38. The van der Waals surface area contributed by atoms with Gasteiger partial charge in [0, 0.05) is 17.8 Å². The summed E-state index contributed by atoms with van der Waals surface area (Å²) in [5.74, 6) is 0.462. The molecule has 5 heteroatoms. The van der Waals surface area contributed by atoms with Crippen LogP contribution >= 0.6 is 0 Å². The fourth-order valence-corrected chi connectivity index (χ4v) is 3.03. The molecular formula is C16H17F3N2. The molecule has 1 fully saturated rings. The van der Waals surface area contributed by atoms with Crippen molar-refractivity contribution >= 4 is 0 Å². The molecule has 1 aliphatic carbocycles. The van der Waals surface area contributed by atoms with Crippen molar-refractivity contribution in [2.45, 2.75) is 44.2 Å². The molecule has 3 rings (SSSR count). The second-order valence-corrected chi connectivity index (χ2v) is 5.55. The molecule has 21 heavy (non-hydrogen) atoms. The molecule has 0 aliphatic heterocycles. The summed E-state index contributed by atoms with van der Waals surface area (Å²) in [6, 6.07) is 7.18. The van der Waals surface area contributed by atoms with Crippen molar-refractivity contribution in [2.75, 3.05) is 0 Å². The normalized spacial score (nSPS) is 17.1. The van der Waals surface area contributed by atoms with Crippen molar-refractivity contribution in [2.24, 2.45) is 0 Å². The number of nitrogens with zero attached hydrogens (tertiary/aromatic N) is 2. The van der Waals surface area contributed by atoms with Crippen molar-refractivity contribution < 1.29 is 13.2 Å². The van der Waals surface area contributed by atoms with Crippen molar-refractivity contribution in [3.63, 3.8) is 0 Å². The van der Waals surface area contributed by atoms with Crippen LogP contribution in [0.25, 0.3) is 5.69 Å². The smallest absolute Gasteiger partial charge is 0.238 e. The van der Waals surface area contributed by atoms with E-state index < -0.39 is 11.7 Å². The molecule has 0 unspecified atom stereocenters. The number of halogens is 3. The first-order chi connectivity index (χ1) is 10.1. The first-order valence-electron chi connectivity index (χ1n) is 7.27. The molecule has 0 spiro atoms. The van der Waals surface area contributed by atoms with Gasteiger partial charge in [-0.1, -0.05) is 19.3 Å². The SMILES string of the molecule is FC(F)(F)c1ccc(-n2nccc2C2CCCCC2)cc1. The van der Waals surface area contributed by atoms with Crippen LogP contribution in [0, 0.1) is 0 Å². The Morgan fingerprint density at radius 1 is 0.952 bits per heavy atom. The highest BCUT2D eigenvalue weighted by atomic mass is 19.4. The maximum absolute atomic E-state index is 12.6. The average molecular weight is 294 g/mol. The van der Waals surface area contributed by atoms with Gasteiger partial charge in [-0.15, -0.1) is 0 Å². The zero-order chi connectivity index (χ0) is 14.9. The number of aromatic nitrogens is 2. The van der Waals surface area contributed by atoms with Crippen LogP contribution in [0.15, 0.2) is 36.5 Å². The van der Waals surface area contributed by atoms with Crippen molar-refractivity contribution in [1.82, 2.24) is 9.78 Å². The van der Waals surface area contributed by atoms with Gasteiger partial charge in [-0.25, -0.2) is 4.68 Å². The van der Waals surface area contributed by atoms with Gasteiger partial charge in [0.25, 0.3) is 0 Å². The van der Waals surface area contributed by atoms with Crippen LogP contribution in [0.4, 0.5) is 13.2 Å². The second kappa shape index (κ2) is 5.54. The summed E-state index contributed by atoms with van der Waals surface area (Å²) in [4.78, 5) is 0. The largest absolute Gasteiger partial charge is 0.416 e. The molecule has 0 bridgehead atoms. The minimum Gasteiger partial charge on any atom is -0.238 e. The van der Waals surface area contributed by atoms with E-state index in [0.717, 1.165) is 30.7 Å². The van der Waals surface area contributed by atoms with Gasteiger partial charge in [0.1, 0.15) is 0 Å². The fraction of sp³-hybridized carbons (Fsp3) is 0.438. The van der Waals surface area contributed by atoms with Crippen LogP contribution in [0.5, 0.6) is 0 Å². The highest BCUT2D eigenvalue weighted by Gasteiger charge is 2.30. The Hall–Kier alpha value is -1.78. The molecular weight excluding hydrogens is 277 g/mol. The molecule has 2 nitrogen and oxygen atoms in total. The molecule has 1 heterocycles. The van der Waals surface area contributed by atoms with Crippen LogP contribution in [-0.2, 0) is 6.18 Å². The van der Waals surface area contributed by atoms with E-state index in [-0.39, 0.29) is 0 Å². The summed E-state index contributed by atoms with van der Waals surface area (Å²) in [5, 5.41) is 4.29. The van der Waals surface area contributed by atoms with Gasteiger partial charge in [0.2, 0.25) is 0 Å². The summed E-state index contributed by atoms with van der Waals surface area (Å²) in [6.45, 7) is 0. The topological polar surface area (TPSA) is 17.8 Å². The van der Waals surface area contributed by atoms with E-state index in [1.54, 1.807) is 10.9 Å². The second-order valence-electron chi connectivity index (χ2n) is 5.55. The van der Waals surface area contributed by atoms with E-state index in [4.69, 9.17) is 0 Å². The van der Waals surface area contributed by atoms with Gasteiger partial charge in [-0.3, -0.25) is 0 Å². The zero-order valence-electron chi connectivity index (χ0n) is 11.6. The van der Waals surface area contributed by atoms with Crippen LogP contribution in [0.2, 0.25) is 0 Å². The molecule has 1 aromatic heterocycles. The van der Waals surface area contributed by atoms with Crippen molar-refractivity contribution in [3.05, 3.63) is 47.8 Å². The minimum absolute atomic E-state index is 0.462. The van der Waals surface area contributed by atoms with Gasteiger partial charge in [0.15, 0.2) is 0 Å². The lowest BCUT2D eigenvalue weighted by Crippen LogP contribution is -2.11. The summed E-state index contributed by atoms with van der Waals surface area (Å²) >= 11 is 0. The molecule has 0 saturated heterocycles. The third-order valence-corrected chi connectivity index (χ3v) is 4.13. The van der Waals surface area contributed by atoms with Gasteiger partial charge in [-0.05, 0) is 43.2 Å². The first-order valence-corrected chi connectivity index (χ1v) is 7.27. The maximum Gasteiger partial charge on any atom is 0.416 e. The maximum atomic E-state index is 12.6. The van der Waals surface area contributed by atoms with Crippen LogP contribution in [0.3, 0.4) is 0 Å². The van der Waals surface area contributed by atoms with Crippen LogP contribution < -0.4 is 0 Å². The van der Waals surface area contributed by atoms with Gasteiger partial charge in [0.05, 0.1) is 11.3 Å². The number of rotatable bonds is 2. The Morgan fingerprint density at radius 3 is 2.24 bits per heavy atom. The Kier molecular flexibility index (Phi) is 3.74. The van der Waals surface area contributed by atoms with Gasteiger partial charge < -0.3 is 0 Å². The van der Waals surface area contributed by atoms with Gasteiger partial charge >= 0.3 is 6.18 Å². The van der Waals surface area contributed by atoms with E-state index in [2.05, 4.69) is 5.10 Å². The average Bonchev–Trinajstić information content (AvgIpc) is 2.97. The Balaban J connectivity index is 1.89. The Labute approximate surface area is 121 Å². The summed E-state index contributed by atoms with van der Waals surface area (Å²) in [5.41, 5.74) is 1.17. The third-order valence-electron chi connectivity index (χ3n) is 4.13. The molecule has 0 atom stereocenters. The van der Waals surface area contributed by atoms with Crippen molar-refractivity contribution in [3.8, 4) is 5.69 Å². The summed E-state index contributed by atoms with van der Waals surface area (Å²) < 4.78 is 39.6. The Bertz CT molecular complexity index is 593. The lowest BCUT2D eigenvalue weighted by Gasteiger charge is -2.22. The summed E-state index contributed by atoms with van der Waals surface area (Å²) in [7, 11) is 0. The van der Waals surface area contributed by atoms with Gasteiger partial charge in [-0.2, -0.15) is 18.3 Å². The highest BCUT2D eigenvalue weighted by Crippen LogP contribution is 2.34. The van der Waals surface area contributed by atoms with E-state index in [1.807, 2.05) is 6.07 Å².